The molecule has 6 nitrogen and oxygen atoms in total. The van der Waals surface area contributed by atoms with Crippen molar-refractivity contribution in [3.63, 3.8) is 0 Å². The van der Waals surface area contributed by atoms with Crippen LogP contribution < -0.4 is 16.6 Å². The summed E-state index contributed by atoms with van der Waals surface area (Å²) in [6.45, 7) is 3.93. The molecular formula is C9H14N4O2. The molecular weight excluding hydrogens is 196 g/mol. The van der Waals surface area contributed by atoms with Crippen LogP contribution in [-0.4, -0.2) is 28.0 Å². The second kappa shape index (κ2) is 4.22. The average molecular weight is 210 g/mol. The minimum Gasteiger partial charge on any atom is -0.345 e. The van der Waals surface area contributed by atoms with Gasteiger partial charge in [0.2, 0.25) is 0 Å². The number of aromatic nitrogens is 2. The fraction of sp³-hybridized carbons (Fsp3) is 0.444. The van der Waals surface area contributed by atoms with Crippen LogP contribution in [0.5, 0.6) is 0 Å². The Morgan fingerprint density at radius 1 is 1.67 bits per heavy atom. The van der Waals surface area contributed by atoms with Crippen LogP contribution in [0.3, 0.4) is 0 Å². The van der Waals surface area contributed by atoms with Gasteiger partial charge in [0, 0.05) is 18.3 Å². The van der Waals surface area contributed by atoms with Gasteiger partial charge < -0.3 is 16.0 Å². The van der Waals surface area contributed by atoms with Crippen LogP contribution in [0.2, 0.25) is 0 Å². The number of carbonyl (C=O) groups is 1. The van der Waals surface area contributed by atoms with Crippen molar-refractivity contribution in [2.45, 2.75) is 19.4 Å². The van der Waals surface area contributed by atoms with Gasteiger partial charge in [-0.25, -0.2) is 4.98 Å². The van der Waals surface area contributed by atoms with Crippen molar-refractivity contribution in [2.24, 2.45) is 5.73 Å². The molecule has 0 spiro atoms. The third kappa shape index (κ3) is 3.17. The van der Waals surface area contributed by atoms with Crippen molar-refractivity contribution >= 4 is 5.91 Å². The molecule has 1 rings (SSSR count). The smallest absolute Gasteiger partial charge is 0.271 e. The number of nitrogens with one attached hydrogen (secondary N) is 2. The first-order chi connectivity index (χ1) is 6.94. The van der Waals surface area contributed by atoms with Gasteiger partial charge in [-0.05, 0) is 13.8 Å². The zero-order chi connectivity index (χ0) is 11.5. The van der Waals surface area contributed by atoms with Crippen molar-refractivity contribution in [3.05, 3.63) is 28.4 Å². The minimum absolute atomic E-state index is 0.163. The lowest BCUT2D eigenvalue weighted by Crippen LogP contribution is -2.49. The predicted octanol–water partition coefficient (Wildman–Crippen LogP) is -0.763. The summed E-state index contributed by atoms with van der Waals surface area (Å²) in [6, 6.07) is 0. The van der Waals surface area contributed by atoms with E-state index in [0.717, 1.165) is 6.20 Å². The van der Waals surface area contributed by atoms with Crippen LogP contribution in [0.25, 0.3) is 0 Å². The summed E-state index contributed by atoms with van der Waals surface area (Å²) in [5.74, 6) is -0.360. The average Bonchev–Trinajstić information content (AvgIpc) is 2.18. The first-order valence-corrected chi connectivity index (χ1v) is 4.52. The molecule has 1 aromatic heterocycles. The van der Waals surface area contributed by atoms with Gasteiger partial charge in [-0.1, -0.05) is 0 Å². The van der Waals surface area contributed by atoms with E-state index in [1.165, 1.54) is 6.20 Å². The monoisotopic (exact) mass is 210 g/mol. The lowest BCUT2D eigenvalue weighted by molar-refractivity contribution is 0.0910. The summed E-state index contributed by atoms with van der Waals surface area (Å²) in [5, 5.41) is 2.69. The van der Waals surface area contributed by atoms with Crippen LogP contribution in [0.1, 0.15) is 24.3 Å². The number of H-pyrrole nitrogens is 1. The molecule has 0 unspecified atom stereocenters. The van der Waals surface area contributed by atoms with E-state index in [1.807, 2.05) is 0 Å². The van der Waals surface area contributed by atoms with Crippen molar-refractivity contribution in [3.8, 4) is 0 Å². The summed E-state index contributed by atoms with van der Waals surface area (Å²) in [6.07, 6.45) is 2.33. The fourth-order valence-electron chi connectivity index (χ4n) is 0.889. The molecule has 0 saturated carbocycles. The maximum absolute atomic E-state index is 11.6. The van der Waals surface area contributed by atoms with E-state index in [2.05, 4.69) is 15.3 Å². The number of rotatable bonds is 3. The van der Waals surface area contributed by atoms with Crippen LogP contribution in [0.4, 0.5) is 0 Å². The van der Waals surface area contributed by atoms with Gasteiger partial charge in [0.05, 0.1) is 6.20 Å². The first kappa shape index (κ1) is 11.4. The molecule has 0 aromatic carbocycles. The normalized spacial score (nSPS) is 11.1. The van der Waals surface area contributed by atoms with E-state index in [9.17, 15) is 9.59 Å². The van der Waals surface area contributed by atoms with Gasteiger partial charge in [0.25, 0.3) is 11.5 Å². The Balaban J connectivity index is 2.78. The lowest BCUT2D eigenvalue weighted by Gasteiger charge is -2.23. The van der Waals surface area contributed by atoms with Crippen molar-refractivity contribution in [1.82, 2.24) is 15.3 Å². The maximum Gasteiger partial charge on any atom is 0.271 e. The van der Waals surface area contributed by atoms with E-state index < -0.39 is 5.54 Å². The second-order valence-corrected chi connectivity index (χ2v) is 3.84. The summed E-state index contributed by atoms with van der Waals surface area (Å²) in [4.78, 5) is 28.4. The molecule has 0 fully saturated rings. The third-order valence-electron chi connectivity index (χ3n) is 1.87. The summed E-state index contributed by atoms with van der Waals surface area (Å²) in [5.41, 5.74) is 4.79. The number of hydrogen-bond donors (Lipinski definition) is 3. The van der Waals surface area contributed by atoms with Crippen LogP contribution in [0, 0.1) is 0 Å². The minimum atomic E-state index is -0.491. The number of nitrogens with zero attached hydrogens (tertiary/aromatic N) is 1. The van der Waals surface area contributed by atoms with E-state index in [0.29, 0.717) is 6.54 Å². The number of carbonyl (C=O) groups excluding carboxylic acids is 1. The molecule has 0 bridgehead atoms. The topological polar surface area (TPSA) is 101 Å². The van der Waals surface area contributed by atoms with E-state index in [-0.39, 0.29) is 17.2 Å². The molecule has 6 heteroatoms. The van der Waals surface area contributed by atoms with Crippen LogP contribution >= 0.6 is 0 Å². The van der Waals surface area contributed by atoms with Crippen molar-refractivity contribution in [1.29, 1.82) is 0 Å². The van der Waals surface area contributed by atoms with Gasteiger partial charge in [0.1, 0.15) is 5.69 Å². The number of hydrogen-bond acceptors (Lipinski definition) is 4. The number of amides is 1. The Labute approximate surface area is 86.9 Å². The van der Waals surface area contributed by atoms with E-state index in [4.69, 9.17) is 5.73 Å². The second-order valence-electron chi connectivity index (χ2n) is 3.84. The lowest BCUT2D eigenvalue weighted by atomic mass is 10.1. The molecule has 0 saturated heterocycles. The molecule has 4 N–H and O–H groups in total. The molecule has 15 heavy (non-hydrogen) atoms. The third-order valence-corrected chi connectivity index (χ3v) is 1.87. The quantitative estimate of drug-likeness (QED) is 0.610. The van der Waals surface area contributed by atoms with Crippen LogP contribution in [-0.2, 0) is 0 Å². The highest BCUT2D eigenvalue weighted by Crippen LogP contribution is 2.00. The number of nitrogens with two attached hydrogens (primary N) is 1. The van der Waals surface area contributed by atoms with E-state index in [1.54, 1.807) is 13.8 Å². The maximum atomic E-state index is 11.6. The number of aromatic amines is 1. The Morgan fingerprint density at radius 3 is 2.80 bits per heavy atom. The summed E-state index contributed by atoms with van der Waals surface area (Å²) in [7, 11) is 0. The molecule has 0 aliphatic carbocycles. The van der Waals surface area contributed by atoms with Gasteiger partial charge in [0.15, 0.2) is 0 Å². The molecule has 0 radical (unpaired) electrons. The highest BCUT2D eigenvalue weighted by molar-refractivity contribution is 5.92. The van der Waals surface area contributed by atoms with Crippen molar-refractivity contribution in [2.75, 3.05) is 6.54 Å². The highest BCUT2D eigenvalue weighted by atomic mass is 16.2. The molecule has 0 atom stereocenters. The molecule has 0 aliphatic heterocycles. The molecule has 1 heterocycles. The summed E-state index contributed by atoms with van der Waals surface area (Å²) < 4.78 is 0. The Hall–Kier alpha value is -1.69. The molecule has 0 aliphatic rings. The predicted molar refractivity (Wildman–Crippen MR) is 55.5 cm³/mol. The zero-order valence-electron chi connectivity index (χ0n) is 8.70. The fourth-order valence-corrected chi connectivity index (χ4v) is 0.889. The van der Waals surface area contributed by atoms with Gasteiger partial charge in [-0.15, -0.1) is 0 Å². The zero-order valence-corrected chi connectivity index (χ0v) is 8.70. The molecule has 1 aromatic rings. The van der Waals surface area contributed by atoms with Gasteiger partial charge in [-0.3, -0.25) is 9.59 Å². The SMILES string of the molecule is CC(C)(CN)NC(=O)c1c[nH]c(=O)cn1. The first-order valence-electron chi connectivity index (χ1n) is 4.52. The largest absolute Gasteiger partial charge is 0.345 e. The van der Waals surface area contributed by atoms with E-state index >= 15 is 0 Å². The van der Waals surface area contributed by atoms with Gasteiger partial charge >= 0.3 is 0 Å². The highest BCUT2D eigenvalue weighted by Gasteiger charge is 2.19. The Kier molecular flexibility index (Phi) is 3.21. The Bertz CT molecular complexity index is 390. The van der Waals surface area contributed by atoms with Gasteiger partial charge in [-0.2, -0.15) is 0 Å². The summed E-state index contributed by atoms with van der Waals surface area (Å²) >= 11 is 0. The molecule has 1 amide bonds. The van der Waals surface area contributed by atoms with Crippen LogP contribution in [0.15, 0.2) is 17.2 Å². The molecule has 82 valence electrons. The Morgan fingerprint density at radius 2 is 2.33 bits per heavy atom. The van der Waals surface area contributed by atoms with Crippen molar-refractivity contribution < 1.29 is 4.79 Å². The standard InChI is InChI=1S/C9H14N4O2/c1-9(2,5-10)13-8(15)6-3-12-7(14)4-11-6/h3-4H,5,10H2,1-2H3,(H,12,14)(H,13,15).